The van der Waals surface area contributed by atoms with Gasteiger partial charge in [-0.25, -0.2) is 0 Å². The maximum absolute atomic E-state index is 5.63. The van der Waals surface area contributed by atoms with Gasteiger partial charge in [0.2, 0.25) is 0 Å². The van der Waals surface area contributed by atoms with Crippen LogP contribution in [0.2, 0.25) is 5.02 Å². The van der Waals surface area contributed by atoms with Crippen LogP contribution in [0.5, 0.6) is 0 Å². The van der Waals surface area contributed by atoms with Crippen LogP contribution in [0.3, 0.4) is 0 Å². The van der Waals surface area contributed by atoms with Crippen LogP contribution >= 0.6 is 11.6 Å². The molecule has 0 bridgehead atoms. The Morgan fingerprint density at radius 2 is 2.40 bits per heavy atom. The number of nitrogens with zero attached hydrogens (tertiary/aromatic N) is 2. The minimum Gasteiger partial charge on any atom is -0.394 e. The van der Waals surface area contributed by atoms with Crippen LogP contribution in [-0.2, 0) is 0 Å². The van der Waals surface area contributed by atoms with Crippen LogP contribution < -0.4 is 11.1 Å². The van der Waals surface area contributed by atoms with E-state index in [0.717, 1.165) is 0 Å². The van der Waals surface area contributed by atoms with Crippen molar-refractivity contribution in [3.63, 3.8) is 0 Å². The molecule has 0 amide bonds. The van der Waals surface area contributed by atoms with Crippen molar-refractivity contribution in [3.8, 4) is 0 Å². The predicted molar refractivity (Wildman–Crippen MR) is 41.0 cm³/mol. The first kappa shape index (κ1) is 7.08. The van der Waals surface area contributed by atoms with Crippen LogP contribution in [0.4, 0.5) is 11.5 Å². The average Bonchev–Trinajstić information content (AvgIpc) is 1.95. The van der Waals surface area contributed by atoms with E-state index in [1.54, 1.807) is 7.05 Å². The van der Waals surface area contributed by atoms with Gasteiger partial charge in [-0.3, -0.25) is 0 Å². The Balaban J connectivity index is 3.14. The lowest BCUT2D eigenvalue weighted by Crippen LogP contribution is -2.00. The molecule has 10 heavy (non-hydrogen) atoms. The van der Waals surface area contributed by atoms with Gasteiger partial charge in [-0.15, -0.1) is 5.10 Å². The van der Waals surface area contributed by atoms with Crippen molar-refractivity contribution in [2.24, 2.45) is 0 Å². The van der Waals surface area contributed by atoms with Gasteiger partial charge in [-0.05, 0) is 0 Å². The van der Waals surface area contributed by atoms with Crippen molar-refractivity contribution in [1.82, 2.24) is 10.2 Å². The number of hydrogen-bond donors (Lipinski definition) is 2. The molecule has 0 aliphatic carbocycles. The molecular formula is C5H7ClN4. The maximum Gasteiger partial charge on any atom is 0.173 e. The highest BCUT2D eigenvalue weighted by Crippen LogP contribution is 2.21. The second-order valence-electron chi connectivity index (χ2n) is 1.70. The fourth-order valence-corrected chi connectivity index (χ4v) is 0.692. The van der Waals surface area contributed by atoms with E-state index < -0.39 is 0 Å². The summed E-state index contributed by atoms with van der Waals surface area (Å²) >= 11 is 5.63. The second kappa shape index (κ2) is 2.70. The monoisotopic (exact) mass is 158 g/mol. The third-order valence-corrected chi connectivity index (χ3v) is 1.38. The van der Waals surface area contributed by atoms with E-state index in [-0.39, 0.29) is 0 Å². The summed E-state index contributed by atoms with van der Waals surface area (Å²) in [6.45, 7) is 0. The van der Waals surface area contributed by atoms with Crippen LogP contribution in [0.15, 0.2) is 6.20 Å². The second-order valence-corrected chi connectivity index (χ2v) is 2.11. The molecule has 0 saturated carbocycles. The van der Waals surface area contributed by atoms with Gasteiger partial charge >= 0.3 is 0 Å². The Kier molecular flexibility index (Phi) is 1.91. The molecule has 0 aromatic carbocycles. The summed E-state index contributed by atoms with van der Waals surface area (Å²) in [6, 6.07) is 0. The highest BCUT2D eigenvalue weighted by atomic mass is 35.5. The number of rotatable bonds is 1. The first-order valence-corrected chi connectivity index (χ1v) is 3.08. The number of anilines is 2. The van der Waals surface area contributed by atoms with E-state index in [1.165, 1.54) is 6.20 Å². The molecular weight excluding hydrogens is 152 g/mol. The molecule has 0 spiro atoms. The normalized spacial score (nSPS) is 9.40. The molecule has 1 heterocycles. The van der Waals surface area contributed by atoms with Crippen LogP contribution in [0.1, 0.15) is 0 Å². The van der Waals surface area contributed by atoms with E-state index in [9.17, 15) is 0 Å². The smallest absolute Gasteiger partial charge is 0.173 e. The number of halogens is 1. The van der Waals surface area contributed by atoms with Gasteiger partial charge in [0.15, 0.2) is 5.82 Å². The molecule has 54 valence electrons. The standard InChI is InChI=1S/C5H7ClN4/c1-8-5-4(7)3(6)2-9-10-5/h2H,1H3,(H2,7,9)(H,8,10). The summed E-state index contributed by atoms with van der Waals surface area (Å²) < 4.78 is 0. The highest BCUT2D eigenvalue weighted by Gasteiger charge is 2.01. The molecule has 0 unspecified atom stereocenters. The van der Waals surface area contributed by atoms with E-state index in [1.807, 2.05) is 0 Å². The van der Waals surface area contributed by atoms with Gasteiger partial charge in [0, 0.05) is 7.05 Å². The van der Waals surface area contributed by atoms with Crippen molar-refractivity contribution in [3.05, 3.63) is 11.2 Å². The first-order valence-electron chi connectivity index (χ1n) is 2.70. The summed E-state index contributed by atoms with van der Waals surface area (Å²) in [5.74, 6) is 0.507. The van der Waals surface area contributed by atoms with Crippen LogP contribution in [0.25, 0.3) is 0 Å². The maximum atomic E-state index is 5.63. The molecule has 3 N–H and O–H groups in total. The zero-order chi connectivity index (χ0) is 7.56. The first-order chi connectivity index (χ1) is 4.75. The largest absolute Gasteiger partial charge is 0.394 e. The summed E-state index contributed by atoms with van der Waals surface area (Å²) in [6.07, 6.45) is 1.40. The van der Waals surface area contributed by atoms with Crippen molar-refractivity contribution >= 4 is 23.1 Å². The molecule has 0 aliphatic heterocycles. The Morgan fingerprint density at radius 3 is 2.90 bits per heavy atom. The lowest BCUT2D eigenvalue weighted by Gasteiger charge is -2.01. The van der Waals surface area contributed by atoms with Crippen molar-refractivity contribution in [2.75, 3.05) is 18.1 Å². The molecule has 1 aromatic rings. The fourth-order valence-electron chi connectivity index (χ4n) is 0.558. The minimum absolute atomic E-state index is 0.416. The molecule has 1 aromatic heterocycles. The summed E-state index contributed by atoms with van der Waals surface area (Å²) in [5.41, 5.74) is 5.93. The SMILES string of the molecule is CNc1nncc(Cl)c1N. The number of aromatic nitrogens is 2. The topological polar surface area (TPSA) is 63.8 Å². The summed E-state index contributed by atoms with van der Waals surface area (Å²) in [4.78, 5) is 0. The Bertz CT molecular complexity index is 237. The van der Waals surface area contributed by atoms with Crippen molar-refractivity contribution in [2.45, 2.75) is 0 Å². The third-order valence-electron chi connectivity index (χ3n) is 1.08. The lowest BCUT2D eigenvalue weighted by atomic mass is 10.4. The number of nitrogens with one attached hydrogen (secondary N) is 1. The van der Waals surface area contributed by atoms with E-state index >= 15 is 0 Å². The predicted octanol–water partition coefficient (Wildman–Crippen LogP) is 0.754. The van der Waals surface area contributed by atoms with Crippen LogP contribution in [-0.4, -0.2) is 17.2 Å². The van der Waals surface area contributed by atoms with Gasteiger partial charge in [0.25, 0.3) is 0 Å². The Labute approximate surface area is 63.4 Å². The highest BCUT2D eigenvalue weighted by molar-refractivity contribution is 6.33. The van der Waals surface area contributed by atoms with Gasteiger partial charge in [-0.2, -0.15) is 5.10 Å². The molecule has 0 atom stereocenters. The van der Waals surface area contributed by atoms with Gasteiger partial charge in [-0.1, -0.05) is 11.6 Å². The zero-order valence-corrected chi connectivity index (χ0v) is 6.18. The van der Waals surface area contributed by atoms with E-state index in [4.69, 9.17) is 17.3 Å². The molecule has 0 aliphatic rings. The molecule has 0 radical (unpaired) electrons. The Hall–Kier alpha value is -1.03. The summed E-state index contributed by atoms with van der Waals surface area (Å²) in [5, 5.41) is 10.4. The number of nitrogen functional groups attached to an aromatic ring is 1. The summed E-state index contributed by atoms with van der Waals surface area (Å²) in [7, 11) is 1.71. The third kappa shape index (κ3) is 1.11. The van der Waals surface area contributed by atoms with Gasteiger partial charge in [0.1, 0.15) is 0 Å². The quantitative estimate of drug-likeness (QED) is 0.633. The number of nitrogens with two attached hydrogens (primary N) is 1. The fraction of sp³-hybridized carbons (Fsp3) is 0.200. The Morgan fingerprint density at radius 1 is 1.70 bits per heavy atom. The van der Waals surface area contributed by atoms with Crippen LogP contribution in [0, 0.1) is 0 Å². The van der Waals surface area contributed by atoms with Gasteiger partial charge in [0.05, 0.1) is 16.9 Å². The lowest BCUT2D eigenvalue weighted by molar-refractivity contribution is 1.03. The molecule has 4 nitrogen and oxygen atoms in total. The molecule has 5 heteroatoms. The van der Waals surface area contributed by atoms with Gasteiger partial charge < -0.3 is 11.1 Å². The zero-order valence-electron chi connectivity index (χ0n) is 5.43. The molecule has 1 rings (SSSR count). The number of hydrogen-bond acceptors (Lipinski definition) is 4. The van der Waals surface area contributed by atoms with Crippen molar-refractivity contribution < 1.29 is 0 Å². The minimum atomic E-state index is 0.416. The molecule has 0 saturated heterocycles. The average molecular weight is 159 g/mol. The van der Waals surface area contributed by atoms with E-state index in [0.29, 0.717) is 16.5 Å². The van der Waals surface area contributed by atoms with Crippen molar-refractivity contribution in [1.29, 1.82) is 0 Å². The molecule has 0 fully saturated rings. The van der Waals surface area contributed by atoms with E-state index in [2.05, 4.69) is 15.5 Å².